The summed E-state index contributed by atoms with van der Waals surface area (Å²) in [5, 5.41) is 3.60. The molecule has 0 spiro atoms. The van der Waals surface area contributed by atoms with Crippen LogP contribution < -0.4 is 5.32 Å². The predicted molar refractivity (Wildman–Crippen MR) is 78.4 cm³/mol. The molecule has 112 valence electrons. The molecule has 3 nitrogen and oxygen atoms in total. The lowest BCUT2D eigenvalue weighted by atomic mass is 9.77. The predicted octanol–water partition coefficient (Wildman–Crippen LogP) is 3.13. The molecule has 0 saturated carbocycles. The van der Waals surface area contributed by atoms with E-state index in [1.807, 2.05) is 0 Å². The minimum absolute atomic E-state index is 0.0816. The Morgan fingerprint density at radius 1 is 1.26 bits per heavy atom. The molecule has 2 heterocycles. The van der Waals surface area contributed by atoms with Crippen molar-refractivity contribution in [3.05, 3.63) is 0 Å². The molecule has 2 unspecified atom stereocenters. The second-order valence-corrected chi connectivity index (χ2v) is 7.08. The Labute approximate surface area is 118 Å². The maximum Gasteiger partial charge on any atom is 0.0631 e. The fraction of sp³-hybridized carbons (Fsp3) is 1.00. The summed E-state index contributed by atoms with van der Waals surface area (Å²) in [6.07, 6.45) is 7.67. The van der Waals surface area contributed by atoms with Gasteiger partial charge in [-0.15, -0.1) is 0 Å². The molecule has 2 atom stereocenters. The van der Waals surface area contributed by atoms with E-state index in [1.54, 1.807) is 0 Å². The highest BCUT2D eigenvalue weighted by Crippen LogP contribution is 2.39. The van der Waals surface area contributed by atoms with Crippen molar-refractivity contribution in [1.29, 1.82) is 0 Å². The first-order valence-electron chi connectivity index (χ1n) is 8.02. The smallest absolute Gasteiger partial charge is 0.0631 e. The Kier molecular flexibility index (Phi) is 5.27. The number of rotatable bonds is 6. The van der Waals surface area contributed by atoms with E-state index in [0.29, 0.717) is 11.5 Å². The van der Waals surface area contributed by atoms with Crippen molar-refractivity contribution in [1.82, 2.24) is 5.32 Å². The van der Waals surface area contributed by atoms with Crippen LogP contribution in [0, 0.1) is 5.41 Å². The normalized spacial score (nSPS) is 34.6. The summed E-state index contributed by atoms with van der Waals surface area (Å²) in [5.41, 5.74) is 0.386. The Hall–Kier alpha value is -0.120. The molecule has 3 heteroatoms. The summed E-state index contributed by atoms with van der Waals surface area (Å²) < 4.78 is 12.0. The van der Waals surface area contributed by atoms with Crippen molar-refractivity contribution >= 4 is 0 Å². The number of nitrogens with one attached hydrogen (secondary N) is 1. The first-order valence-corrected chi connectivity index (χ1v) is 8.02. The second-order valence-electron chi connectivity index (χ2n) is 7.08. The van der Waals surface area contributed by atoms with E-state index in [4.69, 9.17) is 9.47 Å². The molecule has 2 aliphatic heterocycles. The maximum absolute atomic E-state index is 6.20. The monoisotopic (exact) mass is 269 g/mol. The zero-order valence-corrected chi connectivity index (χ0v) is 13.0. The van der Waals surface area contributed by atoms with Gasteiger partial charge in [-0.3, -0.25) is 0 Å². The molecule has 0 aromatic rings. The van der Waals surface area contributed by atoms with Crippen molar-refractivity contribution in [2.75, 3.05) is 26.3 Å². The molecular weight excluding hydrogens is 238 g/mol. The standard InChI is InChI=1S/C16H31NO2/c1-4-9-17-12-16(7-5-10-18-13-16)11-14-6-8-15(2,3)19-14/h14,17H,4-13H2,1-3H3. The fourth-order valence-corrected chi connectivity index (χ4v) is 3.52. The molecule has 2 saturated heterocycles. The van der Waals surface area contributed by atoms with Gasteiger partial charge in [0.25, 0.3) is 0 Å². The van der Waals surface area contributed by atoms with E-state index >= 15 is 0 Å². The maximum atomic E-state index is 6.20. The molecule has 2 aliphatic rings. The van der Waals surface area contributed by atoms with Gasteiger partial charge in [0.2, 0.25) is 0 Å². The summed E-state index contributed by atoms with van der Waals surface area (Å²) in [6, 6.07) is 0. The van der Waals surface area contributed by atoms with Crippen LogP contribution in [-0.2, 0) is 9.47 Å². The van der Waals surface area contributed by atoms with Crippen LogP contribution in [-0.4, -0.2) is 38.0 Å². The molecule has 1 N–H and O–H groups in total. The lowest BCUT2D eigenvalue weighted by Crippen LogP contribution is -2.43. The van der Waals surface area contributed by atoms with Crippen LogP contribution in [0.1, 0.15) is 59.3 Å². The van der Waals surface area contributed by atoms with Gasteiger partial charge >= 0.3 is 0 Å². The molecule has 2 fully saturated rings. The molecule has 0 aliphatic carbocycles. The van der Waals surface area contributed by atoms with Crippen LogP contribution in [0.4, 0.5) is 0 Å². The average molecular weight is 269 g/mol. The Bertz CT molecular complexity index is 272. The minimum atomic E-state index is 0.0816. The summed E-state index contributed by atoms with van der Waals surface area (Å²) in [4.78, 5) is 0. The van der Waals surface area contributed by atoms with Crippen molar-refractivity contribution in [2.45, 2.75) is 71.0 Å². The lowest BCUT2D eigenvalue weighted by Gasteiger charge is -2.39. The Morgan fingerprint density at radius 3 is 2.68 bits per heavy atom. The highest BCUT2D eigenvalue weighted by molar-refractivity contribution is 4.90. The van der Waals surface area contributed by atoms with E-state index < -0.39 is 0 Å². The van der Waals surface area contributed by atoms with Gasteiger partial charge in [-0.2, -0.15) is 0 Å². The van der Waals surface area contributed by atoms with Gasteiger partial charge in [-0.1, -0.05) is 6.92 Å². The third-order valence-corrected chi connectivity index (χ3v) is 4.55. The van der Waals surface area contributed by atoms with Crippen molar-refractivity contribution in [2.24, 2.45) is 5.41 Å². The molecule has 0 amide bonds. The lowest BCUT2D eigenvalue weighted by molar-refractivity contribution is -0.0693. The van der Waals surface area contributed by atoms with Crippen LogP contribution in [0.2, 0.25) is 0 Å². The summed E-state index contributed by atoms with van der Waals surface area (Å²) >= 11 is 0. The zero-order chi connectivity index (χ0) is 13.8. The molecule has 19 heavy (non-hydrogen) atoms. The van der Waals surface area contributed by atoms with Crippen molar-refractivity contribution in [3.63, 3.8) is 0 Å². The number of hydrogen-bond donors (Lipinski definition) is 1. The molecular formula is C16H31NO2. The summed E-state index contributed by atoms with van der Waals surface area (Å²) in [6.45, 7) is 10.7. The van der Waals surface area contributed by atoms with Gasteiger partial charge in [-0.25, -0.2) is 0 Å². The SMILES string of the molecule is CCCNCC1(CC2CCC(C)(C)O2)CCCOC1. The molecule has 0 aromatic carbocycles. The van der Waals surface area contributed by atoms with E-state index in [-0.39, 0.29) is 5.60 Å². The summed E-state index contributed by atoms with van der Waals surface area (Å²) in [5.74, 6) is 0. The highest BCUT2D eigenvalue weighted by atomic mass is 16.5. The van der Waals surface area contributed by atoms with Crippen molar-refractivity contribution in [3.8, 4) is 0 Å². The first-order chi connectivity index (χ1) is 9.05. The second kappa shape index (κ2) is 6.55. The van der Waals surface area contributed by atoms with E-state index in [1.165, 1.54) is 32.1 Å². The molecule has 0 bridgehead atoms. The molecule has 2 rings (SSSR count). The van der Waals surface area contributed by atoms with Crippen molar-refractivity contribution < 1.29 is 9.47 Å². The fourth-order valence-electron chi connectivity index (χ4n) is 3.52. The van der Waals surface area contributed by atoms with E-state index in [9.17, 15) is 0 Å². The van der Waals surface area contributed by atoms with Gasteiger partial charge in [0.1, 0.15) is 0 Å². The zero-order valence-electron chi connectivity index (χ0n) is 13.0. The van der Waals surface area contributed by atoms with Gasteiger partial charge in [0.15, 0.2) is 0 Å². The van der Waals surface area contributed by atoms with Gasteiger partial charge in [0.05, 0.1) is 18.3 Å². The van der Waals surface area contributed by atoms with Gasteiger partial charge < -0.3 is 14.8 Å². The van der Waals surface area contributed by atoms with Gasteiger partial charge in [-0.05, 0) is 58.9 Å². The number of hydrogen-bond acceptors (Lipinski definition) is 3. The van der Waals surface area contributed by atoms with Crippen LogP contribution >= 0.6 is 0 Å². The topological polar surface area (TPSA) is 30.5 Å². The van der Waals surface area contributed by atoms with E-state index in [0.717, 1.165) is 32.7 Å². The van der Waals surface area contributed by atoms with Crippen LogP contribution in [0.5, 0.6) is 0 Å². The molecule has 0 radical (unpaired) electrons. The Balaban J connectivity index is 1.90. The van der Waals surface area contributed by atoms with E-state index in [2.05, 4.69) is 26.1 Å². The third kappa shape index (κ3) is 4.44. The quantitative estimate of drug-likeness (QED) is 0.752. The number of ether oxygens (including phenoxy) is 2. The first kappa shape index (κ1) is 15.3. The van der Waals surface area contributed by atoms with Crippen LogP contribution in [0.15, 0.2) is 0 Å². The van der Waals surface area contributed by atoms with Crippen LogP contribution in [0.25, 0.3) is 0 Å². The highest BCUT2D eigenvalue weighted by Gasteiger charge is 2.40. The molecule has 0 aromatic heterocycles. The largest absolute Gasteiger partial charge is 0.381 e. The van der Waals surface area contributed by atoms with Gasteiger partial charge in [0, 0.05) is 18.6 Å². The third-order valence-electron chi connectivity index (χ3n) is 4.55. The minimum Gasteiger partial charge on any atom is -0.381 e. The Morgan fingerprint density at radius 2 is 2.11 bits per heavy atom. The van der Waals surface area contributed by atoms with Crippen LogP contribution in [0.3, 0.4) is 0 Å². The average Bonchev–Trinajstić information content (AvgIpc) is 2.70. The summed E-state index contributed by atoms with van der Waals surface area (Å²) in [7, 11) is 0.